The zero-order valence-electron chi connectivity index (χ0n) is 16.8. The van der Waals surface area contributed by atoms with Gasteiger partial charge >= 0.3 is 12.3 Å². The summed E-state index contributed by atoms with van der Waals surface area (Å²) in [7, 11) is -1.88. The lowest BCUT2D eigenvalue weighted by Gasteiger charge is -2.38. The zero-order valence-corrected chi connectivity index (χ0v) is 17.6. The molecule has 170 valence electrons. The van der Waals surface area contributed by atoms with Gasteiger partial charge in [0.1, 0.15) is 0 Å². The van der Waals surface area contributed by atoms with Gasteiger partial charge < -0.3 is 19.5 Å². The van der Waals surface area contributed by atoms with Gasteiger partial charge in [-0.15, -0.1) is 0 Å². The average Bonchev–Trinajstić information content (AvgIpc) is 3.00. The maximum atomic E-state index is 12.7. The largest absolute Gasteiger partial charge is 0.434 e. The Morgan fingerprint density at radius 2 is 1.93 bits per heavy atom. The van der Waals surface area contributed by atoms with Crippen LogP contribution in [0, 0.1) is 5.92 Å². The van der Waals surface area contributed by atoms with Crippen LogP contribution in [0.15, 0.2) is 0 Å². The molecule has 2 rings (SSSR count). The lowest BCUT2D eigenvalue weighted by atomic mass is 9.87. The maximum absolute atomic E-state index is 12.7. The molecule has 2 heterocycles. The molecule has 0 aromatic carbocycles. The van der Waals surface area contributed by atoms with Crippen molar-refractivity contribution in [2.45, 2.75) is 57.0 Å². The Bertz CT molecular complexity index is 677. The van der Waals surface area contributed by atoms with Gasteiger partial charge in [-0.3, -0.25) is 0 Å². The van der Waals surface area contributed by atoms with E-state index in [2.05, 4.69) is 4.74 Å². The minimum absolute atomic E-state index is 0.00701. The molecule has 2 aliphatic heterocycles. The van der Waals surface area contributed by atoms with E-state index in [1.165, 1.54) is 11.4 Å². The van der Waals surface area contributed by atoms with E-state index in [9.17, 15) is 26.4 Å². The highest BCUT2D eigenvalue weighted by Crippen LogP contribution is 2.38. The number of likely N-dealkylation sites (tertiary alicyclic amines) is 1. The van der Waals surface area contributed by atoms with Gasteiger partial charge in [0.15, 0.2) is 0 Å². The van der Waals surface area contributed by atoms with E-state index in [0.717, 1.165) is 4.90 Å². The molecule has 8 nitrogen and oxygen atoms in total. The second kappa shape index (κ2) is 8.94. The summed E-state index contributed by atoms with van der Waals surface area (Å²) in [6, 6.07) is -0.318. The molecule has 12 heteroatoms. The summed E-state index contributed by atoms with van der Waals surface area (Å²) in [6.07, 6.45) is -7.33. The fourth-order valence-electron chi connectivity index (χ4n) is 3.67. The number of halogens is 3. The molecule has 0 radical (unpaired) electrons. The molecule has 2 fully saturated rings. The minimum atomic E-state index is -4.84. The van der Waals surface area contributed by atoms with Gasteiger partial charge in [-0.2, -0.15) is 17.5 Å². The zero-order chi connectivity index (χ0) is 22.0. The molecule has 0 saturated carbocycles. The van der Waals surface area contributed by atoms with Crippen molar-refractivity contribution in [3.05, 3.63) is 0 Å². The number of carbonyl (C=O) groups is 1. The Kier molecular flexibility index (Phi) is 7.45. The molecule has 0 aliphatic carbocycles. The number of sulfonamides is 1. The number of alkyl halides is 3. The molecule has 0 aromatic heterocycles. The van der Waals surface area contributed by atoms with E-state index < -0.39 is 40.6 Å². The van der Waals surface area contributed by atoms with Crippen LogP contribution in [-0.4, -0.2) is 91.8 Å². The van der Waals surface area contributed by atoms with Crippen LogP contribution in [0.2, 0.25) is 0 Å². The van der Waals surface area contributed by atoms with E-state index in [0.29, 0.717) is 19.3 Å². The van der Waals surface area contributed by atoms with Crippen molar-refractivity contribution in [3.63, 3.8) is 0 Å². The van der Waals surface area contributed by atoms with Gasteiger partial charge in [-0.1, -0.05) is 13.8 Å². The molecule has 29 heavy (non-hydrogen) atoms. The number of carbonyl (C=O) groups excluding carboxylic acids is 1. The molecule has 1 N–H and O–H groups in total. The van der Waals surface area contributed by atoms with Crippen molar-refractivity contribution in [2.75, 3.05) is 39.1 Å². The third kappa shape index (κ3) is 5.96. The summed E-state index contributed by atoms with van der Waals surface area (Å²) in [6.45, 7) is 2.81. The summed E-state index contributed by atoms with van der Waals surface area (Å²) < 4.78 is 74.5. The van der Waals surface area contributed by atoms with Crippen LogP contribution in [0.3, 0.4) is 0 Å². The first-order valence-corrected chi connectivity index (χ1v) is 11.1. The molecule has 2 saturated heterocycles. The molecule has 1 amide bonds. The molecule has 0 bridgehead atoms. The number of likely N-dealkylation sites (N-methyl/N-ethyl adjacent to an activating group) is 1. The van der Waals surface area contributed by atoms with Crippen LogP contribution in [-0.2, 0) is 19.5 Å². The normalized spacial score (nSPS) is 23.8. The SMILES string of the molecule is CC(C)CS(=O)(=O)N(C)C1COC2(CCN(C(=O)OC(CO)C(F)(F)F)CC2)C1. The van der Waals surface area contributed by atoms with E-state index in [4.69, 9.17) is 9.84 Å². The topological polar surface area (TPSA) is 96.4 Å². The van der Waals surface area contributed by atoms with Crippen molar-refractivity contribution in [1.29, 1.82) is 0 Å². The fraction of sp³-hybridized carbons (Fsp3) is 0.941. The molecular formula is C17H29F3N2O6S. The second-order valence-corrected chi connectivity index (χ2v) is 10.2. The number of ether oxygens (including phenoxy) is 2. The smallest absolute Gasteiger partial charge is 0.427 e. The third-order valence-corrected chi connectivity index (χ3v) is 7.66. The standard InChI is InChI=1S/C17H29F3N2O6S/c1-12(2)11-29(25,26)21(3)13-8-16(27-10-13)4-6-22(7-5-16)15(24)28-14(9-23)17(18,19)20/h12-14,23H,4-11H2,1-3H3. The number of aliphatic hydroxyl groups is 1. The van der Waals surface area contributed by atoms with E-state index in [-0.39, 0.29) is 37.4 Å². The first-order valence-electron chi connectivity index (χ1n) is 9.52. The van der Waals surface area contributed by atoms with E-state index in [1.807, 2.05) is 13.8 Å². The van der Waals surface area contributed by atoms with Gasteiger partial charge in [0, 0.05) is 20.1 Å². The number of aliphatic hydroxyl groups excluding tert-OH is 1. The van der Waals surface area contributed by atoms with Crippen molar-refractivity contribution in [1.82, 2.24) is 9.21 Å². The highest BCUT2D eigenvalue weighted by atomic mass is 32.2. The number of rotatable bonds is 6. The van der Waals surface area contributed by atoms with Crippen molar-refractivity contribution in [3.8, 4) is 0 Å². The lowest BCUT2D eigenvalue weighted by Crippen LogP contribution is -2.49. The highest BCUT2D eigenvalue weighted by Gasteiger charge is 2.48. The second-order valence-electron chi connectivity index (χ2n) is 8.12. The van der Waals surface area contributed by atoms with Gasteiger partial charge in [-0.25, -0.2) is 13.2 Å². The van der Waals surface area contributed by atoms with Gasteiger partial charge in [0.25, 0.3) is 0 Å². The predicted octanol–water partition coefficient (Wildman–Crippen LogP) is 1.59. The van der Waals surface area contributed by atoms with Gasteiger partial charge in [0.2, 0.25) is 16.1 Å². The molecule has 2 aliphatic rings. The van der Waals surface area contributed by atoms with Crippen LogP contribution >= 0.6 is 0 Å². The summed E-state index contributed by atoms with van der Waals surface area (Å²) >= 11 is 0. The Labute approximate surface area is 169 Å². The number of piperidine rings is 1. The number of hydrogen-bond acceptors (Lipinski definition) is 6. The number of amides is 1. The molecule has 2 atom stereocenters. The quantitative estimate of drug-likeness (QED) is 0.666. The number of nitrogens with zero attached hydrogens (tertiary/aromatic N) is 2. The maximum Gasteiger partial charge on any atom is 0.427 e. The average molecular weight is 446 g/mol. The molecule has 0 aromatic rings. The minimum Gasteiger partial charge on any atom is -0.434 e. The predicted molar refractivity (Wildman–Crippen MR) is 97.7 cm³/mol. The Hall–Kier alpha value is -1.11. The van der Waals surface area contributed by atoms with Crippen LogP contribution in [0.5, 0.6) is 0 Å². The van der Waals surface area contributed by atoms with Crippen LogP contribution < -0.4 is 0 Å². The van der Waals surface area contributed by atoms with E-state index in [1.54, 1.807) is 0 Å². The van der Waals surface area contributed by atoms with E-state index >= 15 is 0 Å². The summed E-state index contributed by atoms with van der Waals surface area (Å²) in [5.74, 6) is 0.0325. The van der Waals surface area contributed by atoms with Gasteiger partial charge in [-0.05, 0) is 25.2 Å². The molecular weight excluding hydrogens is 417 g/mol. The lowest BCUT2D eigenvalue weighted by molar-refractivity contribution is -0.215. The molecule has 2 unspecified atom stereocenters. The van der Waals surface area contributed by atoms with Crippen molar-refractivity contribution in [2.24, 2.45) is 5.92 Å². The van der Waals surface area contributed by atoms with Crippen molar-refractivity contribution >= 4 is 16.1 Å². The Morgan fingerprint density at radius 1 is 1.34 bits per heavy atom. The first-order chi connectivity index (χ1) is 13.3. The fourth-order valence-corrected chi connectivity index (χ4v) is 5.34. The Balaban J connectivity index is 1.91. The van der Waals surface area contributed by atoms with Crippen LogP contribution in [0.25, 0.3) is 0 Å². The summed E-state index contributed by atoms with van der Waals surface area (Å²) in [5.41, 5.74) is -0.608. The summed E-state index contributed by atoms with van der Waals surface area (Å²) in [4.78, 5) is 13.1. The first kappa shape index (κ1) is 24.2. The Morgan fingerprint density at radius 3 is 2.41 bits per heavy atom. The monoisotopic (exact) mass is 446 g/mol. The summed E-state index contributed by atoms with van der Waals surface area (Å²) in [5, 5.41) is 8.79. The van der Waals surface area contributed by atoms with Gasteiger partial charge in [0.05, 0.1) is 30.6 Å². The van der Waals surface area contributed by atoms with Crippen LogP contribution in [0.4, 0.5) is 18.0 Å². The third-order valence-electron chi connectivity index (χ3n) is 5.39. The van der Waals surface area contributed by atoms with Crippen LogP contribution in [0.1, 0.15) is 33.1 Å². The van der Waals surface area contributed by atoms with Crippen molar-refractivity contribution < 1.29 is 41.0 Å². The highest BCUT2D eigenvalue weighted by molar-refractivity contribution is 7.89. The molecule has 1 spiro atoms. The number of hydrogen-bond donors (Lipinski definition) is 1.